The average molecular weight is 311 g/mol. The Hall–Kier alpha value is -1.77. The van der Waals surface area contributed by atoms with E-state index in [9.17, 15) is 5.26 Å². The number of thiophene rings is 1. The second-order valence-corrected chi connectivity index (χ2v) is 7.35. The third-order valence-electron chi connectivity index (χ3n) is 3.99. The minimum Gasteiger partial charge on any atom is -0.389 e. The fourth-order valence-corrected chi connectivity index (χ4v) is 5.17. The molecule has 0 amide bonds. The van der Waals surface area contributed by atoms with Gasteiger partial charge < -0.3 is 5.73 Å². The molecule has 4 rings (SSSR count). The molecule has 0 spiro atoms. The minimum atomic E-state index is 0.637. The Labute approximate surface area is 131 Å². The van der Waals surface area contributed by atoms with E-state index in [-0.39, 0.29) is 0 Å². The lowest BCUT2D eigenvalue weighted by Gasteiger charge is -2.19. The fourth-order valence-electron chi connectivity index (χ4n) is 3.04. The standard InChI is InChI=1S/C16H13N3S2/c17-8-11-10-4-3-9-5-6-19-14(12-2-1-7-20-12)13(9)15(10)21-16(11)18/h2,5-6H,1,3-4,7,18H2. The topological polar surface area (TPSA) is 62.7 Å². The first kappa shape index (κ1) is 12.9. The van der Waals surface area contributed by atoms with Gasteiger partial charge in [0.1, 0.15) is 11.1 Å². The molecule has 0 aromatic carbocycles. The van der Waals surface area contributed by atoms with Crippen LogP contribution in [0.4, 0.5) is 5.00 Å². The maximum Gasteiger partial charge on any atom is 0.105 e. The van der Waals surface area contributed by atoms with Gasteiger partial charge in [0.15, 0.2) is 0 Å². The number of hydrogen-bond acceptors (Lipinski definition) is 5. The van der Waals surface area contributed by atoms with Gasteiger partial charge in [-0.05, 0) is 36.5 Å². The molecule has 0 atom stereocenters. The third-order valence-corrected chi connectivity index (χ3v) is 6.18. The molecule has 104 valence electrons. The van der Waals surface area contributed by atoms with Crippen molar-refractivity contribution < 1.29 is 0 Å². The Kier molecular flexibility index (Phi) is 3.02. The van der Waals surface area contributed by atoms with E-state index < -0.39 is 0 Å². The van der Waals surface area contributed by atoms with E-state index in [1.54, 1.807) is 0 Å². The van der Waals surface area contributed by atoms with Gasteiger partial charge in [0.2, 0.25) is 0 Å². The normalized spacial score (nSPS) is 16.0. The third kappa shape index (κ3) is 1.90. The highest BCUT2D eigenvalue weighted by atomic mass is 32.2. The summed E-state index contributed by atoms with van der Waals surface area (Å²) in [6.45, 7) is 0. The van der Waals surface area contributed by atoms with E-state index in [0.717, 1.165) is 41.1 Å². The molecule has 21 heavy (non-hydrogen) atoms. The lowest BCUT2D eigenvalue weighted by atomic mass is 9.89. The first-order valence-corrected chi connectivity index (χ1v) is 8.72. The van der Waals surface area contributed by atoms with Gasteiger partial charge >= 0.3 is 0 Å². The van der Waals surface area contributed by atoms with Crippen LogP contribution in [0.2, 0.25) is 0 Å². The molecule has 2 aromatic heterocycles. The molecule has 5 heteroatoms. The smallest absolute Gasteiger partial charge is 0.105 e. The van der Waals surface area contributed by atoms with Crippen molar-refractivity contribution in [1.29, 1.82) is 5.26 Å². The summed E-state index contributed by atoms with van der Waals surface area (Å²) >= 11 is 3.40. The Morgan fingerprint density at radius 2 is 2.24 bits per heavy atom. The van der Waals surface area contributed by atoms with Gasteiger partial charge in [-0.25, -0.2) is 0 Å². The van der Waals surface area contributed by atoms with Gasteiger partial charge in [0.05, 0.1) is 11.3 Å². The van der Waals surface area contributed by atoms with Crippen LogP contribution in [0.3, 0.4) is 0 Å². The fraction of sp³-hybridized carbons (Fsp3) is 0.250. The Balaban J connectivity index is 1.99. The van der Waals surface area contributed by atoms with Crippen molar-refractivity contribution in [3.63, 3.8) is 0 Å². The second kappa shape index (κ2) is 4.90. The van der Waals surface area contributed by atoms with Crippen molar-refractivity contribution in [2.75, 3.05) is 11.5 Å². The molecule has 1 aliphatic carbocycles. The van der Waals surface area contributed by atoms with Crippen LogP contribution in [0.15, 0.2) is 18.3 Å². The summed E-state index contributed by atoms with van der Waals surface area (Å²) < 4.78 is 0. The van der Waals surface area contributed by atoms with E-state index in [0.29, 0.717) is 10.6 Å². The highest BCUT2D eigenvalue weighted by Gasteiger charge is 2.27. The average Bonchev–Trinajstić information content (AvgIpc) is 3.12. The zero-order chi connectivity index (χ0) is 14.4. The second-order valence-electron chi connectivity index (χ2n) is 5.16. The Bertz CT molecular complexity index is 812. The van der Waals surface area contributed by atoms with Crippen LogP contribution in [-0.2, 0) is 12.8 Å². The van der Waals surface area contributed by atoms with Crippen molar-refractivity contribution in [3.8, 4) is 16.5 Å². The molecule has 0 radical (unpaired) electrons. The molecular formula is C16H13N3S2. The minimum absolute atomic E-state index is 0.637. The molecule has 0 saturated heterocycles. The number of nitrogens with zero attached hydrogens (tertiary/aromatic N) is 2. The van der Waals surface area contributed by atoms with E-state index in [1.807, 2.05) is 18.0 Å². The van der Waals surface area contributed by atoms with Crippen LogP contribution in [0.1, 0.15) is 28.8 Å². The number of rotatable bonds is 1. The highest BCUT2D eigenvalue weighted by Crippen LogP contribution is 2.47. The first-order chi connectivity index (χ1) is 10.3. The van der Waals surface area contributed by atoms with Crippen molar-refractivity contribution >= 4 is 33.0 Å². The van der Waals surface area contributed by atoms with E-state index in [4.69, 9.17) is 5.73 Å². The van der Waals surface area contributed by atoms with E-state index >= 15 is 0 Å². The number of pyridine rings is 1. The molecule has 1 aliphatic heterocycles. The summed E-state index contributed by atoms with van der Waals surface area (Å²) in [6.07, 6.45) is 7.13. The Morgan fingerprint density at radius 3 is 3.00 bits per heavy atom. The molecule has 0 fully saturated rings. The van der Waals surface area contributed by atoms with Crippen LogP contribution < -0.4 is 5.73 Å². The summed E-state index contributed by atoms with van der Waals surface area (Å²) in [6, 6.07) is 4.37. The molecule has 2 aromatic rings. The number of anilines is 1. The summed E-state index contributed by atoms with van der Waals surface area (Å²) in [5.41, 5.74) is 11.4. The van der Waals surface area contributed by atoms with Crippen molar-refractivity contribution in [1.82, 2.24) is 4.98 Å². The van der Waals surface area contributed by atoms with Crippen molar-refractivity contribution in [2.24, 2.45) is 0 Å². The molecular weight excluding hydrogens is 298 g/mol. The predicted octanol–water partition coefficient (Wildman–Crippen LogP) is 3.84. The number of thioether (sulfide) groups is 1. The van der Waals surface area contributed by atoms with Gasteiger partial charge in [-0.1, -0.05) is 6.08 Å². The molecule has 0 saturated carbocycles. The van der Waals surface area contributed by atoms with E-state index in [1.165, 1.54) is 27.4 Å². The summed E-state index contributed by atoms with van der Waals surface area (Å²) in [4.78, 5) is 7.05. The molecule has 3 nitrogen and oxygen atoms in total. The summed E-state index contributed by atoms with van der Waals surface area (Å²) in [7, 11) is 0. The predicted molar refractivity (Wildman–Crippen MR) is 89.1 cm³/mol. The molecule has 0 unspecified atom stereocenters. The van der Waals surface area contributed by atoms with Crippen LogP contribution in [-0.4, -0.2) is 10.7 Å². The number of aryl methyl sites for hydroxylation is 1. The van der Waals surface area contributed by atoms with Gasteiger partial charge in [-0.2, -0.15) is 5.26 Å². The number of nitrogens with two attached hydrogens (primary N) is 1. The Morgan fingerprint density at radius 1 is 1.33 bits per heavy atom. The van der Waals surface area contributed by atoms with Gasteiger partial charge in [-0.3, -0.25) is 4.98 Å². The van der Waals surface area contributed by atoms with Crippen molar-refractivity contribution in [3.05, 3.63) is 40.7 Å². The number of allylic oxidation sites excluding steroid dienone is 1. The molecule has 2 N–H and O–H groups in total. The largest absolute Gasteiger partial charge is 0.389 e. The monoisotopic (exact) mass is 311 g/mol. The number of fused-ring (bicyclic) bond motifs is 3. The van der Waals surface area contributed by atoms with Crippen LogP contribution in [0.5, 0.6) is 0 Å². The lowest BCUT2D eigenvalue weighted by molar-refractivity contribution is 0.939. The number of aromatic nitrogens is 1. The van der Waals surface area contributed by atoms with Crippen molar-refractivity contribution in [2.45, 2.75) is 19.3 Å². The number of hydrogen-bond donors (Lipinski definition) is 1. The number of nitrogen functional groups attached to an aromatic ring is 1. The van der Waals surface area contributed by atoms with Gasteiger partial charge in [0.25, 0.3) is 0 Å². The van der Waals surface area contributed by atoms with E-state index in [2.05, 4.69) is 23.2 Å². The maximum absolute atomic E-state index is 9.34. The van der Waals surface area contributed by atoms with Crippen LogP contribution in [0, 0.1) is 11.3 Å². The number of nitriles is 1. The highest BCUT2D eigenvalue weighted by molar-refractivity contribution is 8.08. The zero-order valence-electron chi connectivity index (χ0n) is 11.3. The lowest BCUT2D eigenvalue weighted by Crippen LogP contribution is -2.06. The van der Waals surface area contributed by atoms with Crippen LogP contribution in [0.25, 0.3) is 15.3 Å². The van der Waals surface area contributed by atoms with Gasteiger partial charge in [0, 0.05) is 27.3 Å². The molecule has 3 heterocycles. The van der Waals surface area contributed by atoms with Crippen LogP contribution >= 0.6 is 23.1 Å². The zero-order valence-corrected chi connectivity index (χ0v) is 13.0. The molecule has 0 bridgehead atoms. The summed E-state index contributed by atoms with van der Waals surface area (Å²) in [5, 5.41) is 9.97. The SMILES string of the molecule is N#Cc1c(N)sc2c1CCc1ccnc(C3=CCCS3)c1-2. The first-order valence-electron chi connectivity index (χ1n) is 6.92. The summed E-state index contributed by atoms with van der Waals surface area (Å²) in [5.74, 6) is 1.13. The van der Waals surface area contributed by atoms with Gasteiger partial charge in [-0.15, -0.1) is 23.1 Å². The molecule has 2 aliphatic rings. The maximum atomic E-state index is 9.34. The quantitative estimate of drug-likeness (QED) is 0.869.